The predicted octanol–water partition coefficient (Wildman–Crippen LogP) is 2.37. The fourth-order valence-electron chi connectivity index (χ4n) is 1.24. The Labute approximate surface area is 85.9 Å². The molecule has 0 aliphatic carbocycles. The van der Waals surface area contributed by atoms with Crippen LogP contribution in [0.4, 0.5) is 0 Å². The molecule has 1 aliphatic rings. The van der Waals surface area contributed by atoms with Gasteiger partial charge in [-0.05, 0) is 27.4 Å². The minimum absolute atomic E-state index is 0.00532. The van der Waals surface area contributed by atoms with Crippen LogP contribution in [0.5, 0.6) is 0 Å². The van der Waals surface area contributed by atoms with Crippen LogP contribution in [-0.4, -0.2) is 16.1 Å². The fraction of sp³-hybridized carbons (Fsp3) is 0.667. The molecule has 2 unspecified atom stereocenters. The molecule has 0 spiro atoms. The highest BCUT2D eigenvalue weighted by atomic mass is 79.9. The summed E-state index contributed by atoms with van der Waals surface area (Å²) in [6.07, 6.45) is 1.67. The van der Waals surface area contributed by atoms with Gasteiger partial charge < -0.3 is 9.84 Å². The quantitative estimate of drug-likeness (QED) is 0.725. The van der Waals surface area contributed by atoms with E-state index in [1.165, 1.54) is 0 Å². The molecule has 2 atom stereocenters. The average molecular weight is 249 g/mol. The molecule has 74 valence electrons. The highest BCUT2D eigenvalue weighted by Gasteiger charge is 2.37. The SMILES string of the molecule is CC(C)(C)C1C=C(C(=O)O)OC1Br. The Morgan fingerprint density at radius 1 is 1.62 bits per heavy atom. The van der Waals surface area contributed by atoms with E-state index in [2.05, 4.69) is 36.7 Å². The Morgan fingerprint density at radius 3 is 2.38 bits per heavy atom. The maximum atomic E-state index is 10.6. The zero-order valence-electron chi connectivity index (χ0n) is 7.87. The minimum Gasteiger partial charge on any atom is -0.475 e. The standard InChI is InChI=1S/C9H13BrO3/c1-9(2,3)5-4-6(8(11)12)13-7(5)10/h4-5,7H,1-3H3,(H,11,12). The molecular formula is C9H13BrO3. The average Bonchev–Trinajstić information content (AvgIpc) is 2.29. The van der Waals surface area contributed by atoms with Crippen LogP contribution < -0.4 is 0 Å². The maximum absolute atomic E-state index is 10.6. The molecule has 0 aromatic heterocycles. The van der Waals surface area contributed by atoms with E-state index in [-0.39, 0.29) is 22.1 Å². The second kappa shape index (κ2) is 3.33. The molecule has 3 nitrogen and oxygen atoms in total. The molecule has 0 amide bonds. The lowest BCUT2D eigenvalue weighted by atomic mass is 9.82. The first-order chi connectivity index (χ1) is 5.82. The first kappa shape index (κ1) is 10.6. The predicted molar refractivity (Wildman–Crippen MR) is 52.5 cm³/mol. The summed E-state index contributed by atoms with van der Waals surface area (Å²) in [5.41, 5.74) is 0.00532. The molecule has 1 N–H and O–H groups in total. The third-order valence-electron chi connectivity index (χ3n) is 2.06. The zero-order valence-corrected chi connectivity index (χ0v) is 9.46. The van der Waals surface area contributed by atoms with Crippen LogP contribution >= 0.6 is 15.9 Å². The van der Waals surface area contributed by atoms with Gasteiger partial charge in [-0.1, -0.05) is 20.8 Å². The van der Waals surface area contributed by atoms with E-state index in [1.54, 1.807) is 6.08 Å². The number of carbonyl (C=O) groups is 1. The van der Waals surface area contributed by atoms with Gasteiger partial charge in [-0.3, -0.25) is 0 Å². The van der Waals surface area contributed by atoms with Gasteiger partial charge in [0.05, 0.1) is 0 Å². The number of ether oxygens (including phenoxy) is 1. The number of alkyl halides is 1. The zero-order chi connectivity index (χ0) is 10.2. The van der Waals surface area contributed by atoms with E-state index < -0.39 is 5.97 Å². The van der Waals surface area contributed by atoms with Crippen molar-refractivity contribution in [2.24, 2.45) is 11.3 Å². The molecule has 13 heavy (non-hydrogen) atoms. The monoisotopic (exact) mass is 248 g/mol. The van der Waals surface area contributed by atoms with E-state index in [0.29, 0.717) is 0 Å². The van der Waals surface area contributed by atoms with E-state index in [4.69, 9.17) is 9.84 Å². The van der Waals surface area contributed by atoms with Gasteiger partial charge in [0.25, 0.3) is 0 Å². The molecule has 4 heteroatoms. The normalized spacial score (nSPS) is 28.2. The molecule has 0 aromatic rings. The summed E-state index contributed by atoms with van der Waals surface area (Å²) in [6, 6.07) is 0. The van der Waals surface area contributed by atoms with E-state index in [9.17, 15) is 4.79 Å². The number of hydrogen-bond acceptors (Lipinski definition) is 2. The van der Waals surface area contributed by atoms with E-state index in [0.717, 1.165) is 0 Å². The van der Waals surface area contributed by atoms with Gasteiger partial charge in [-0.15, -0.1) is 0 Å². The first-order valence-electron chi connectivity index (χ1n) is 4.08. The largest absolute Gasteiger partial charge is 0.475 e. The number of carboxylic acids is 1. The molecule has 0 radical (unpaired) electrons. The third kappa shape index (κ3) is 2.24. The number of halogens is 1. The molecular weight excluding hydrogens is 236 g/mol. The van der Waals surface area contributed by atoms with Crippen molar-refractivity contribution in [2.45, 2.75) is 25.8 Å². The summed E-state index contributed by atoms with van der Waals surface area (Å²) in [7, 11) is 0. The van der Waals surface area contributed by atoms with Crippen LogP contribution in [0.2, 0.25) is 0 Å². The molecule has 1 aliphatic heterocycles. The van der Waals surface area contributed by atoms with Crippen molar-refractivity contribution in [3.8, 4) is 0 Å². The second-order valence-electron chi connectivity index (χ2n) is 4.20. The van der Waals surface area contributed by atoms with Crippen LogP contribution in [0.1, 0.15) is 20.8 Å². The van der Waals surface area contributed by atoms with Crippen molar-refractivity contribution in [2.75, 3.05) is 0 Å². The number of rotatable bonds is 1. The first-order valence-corrected chi connectivity index (χ1v) is 5.00. The van der Waals surface area contributed by atoms with Crippen LogP contribution in [0.25, 0.3) is 0 Å². The topological polar surface area (TPSA) is 46.5 Å². The number of aliphatic carboxylic acids is 1. The van der Waals surface area contributed by atoms with E-state index in [1.807, 2.05) is 0 Å². The lowest BCUT2D eigenvalue weighted by molar-refractivity contribution is -0.136. The van der Waals surface area contributed by atoms with Crippen molar-refractivity contribution < 1.29 is 14.6 Å². The van der Waals surface area contributed by atoms with Gasteiger partial charge in [-0.25, -0.2) is 4.79 Å². The summed E-state index contributed by atoms with van der Waals surface area (Å²) in [5.74, 6) is -0.864. The van der Waals surface area contributed by atoms with Crippen LogP contribution in [-0.2, 0) is 9.53 Å². The molecule has 0 saturated heterocycles. The van der Waals surface area contributed by atoms with Crippen molar-refractivity contribution in [3.05, 3.63) is 11.8 Å². The van der Waals surface area contributed by atoms with Gasteiger partial charge >= 0.3 is 5.97 Å². The van der Waals surface area contributed by atoms with Crippen LogP contribution in [0.3, 0.4) is 0 Å². The van der Waals surface area contributed by atoms with Crippen LogP contribution in [0.15, 0.2) is 11.8 Å². The summed E-state index contributed by atoms with van der Waals surface area (Å²) < 4.78 is 5.14. The summed E-state index contributed by atoms with van der Waals surface area (Å²) in [4.78, 5) is 10.6. The highest BCUT2D eigenvalue weighted by Crippen LogP contribution is 2.39. The van der Waals surface area contributed by atoms with Gasteiger partial charge in [0, 0.05) is 5.92 Å². The Balaban J connectivity index is 2.84. The second-order valence-corrected chi connectivity index (χ2v) is 5.10. The molecule has 1 heterocycles. The molecule has 0 bridgehead atoms. The molecule has 0 saturated carbocycles. The van der Waals surface area contributed by atoms with Crippen molar-refractivity contribution in [1.29, 1.82) is 0 Å². The Kier molecular flexibility index (Phi) is 2.71. The highest BCUT2D eigenvalue weighted by molar-refractivity contribution is 9.09. The molecule has 0 fully saturated rings. The van der Waals surface area contributed by atoms with Crippen molar-refractivity contribution in [3.63, 3.8) is 0 Å². The van der Waals surface area contributed by atoms with Gasteiger partial charge in [-0.2, -0.15) is 0 Å². The molecule has 0 aromatic carbocycles. The van der Waals surface area contributed by atoms with Crippen LogP contribution in [0, 0.1) is 11.3 Å². The number of carboxylic acid groups (broad SMARTS) is 1. The fourth-order valence-corrected chi connectivity index (χ4v) is 2.38. The van der Waals surface area contributed by atoms with Crippen molar-refractivity contribution in [1.82, 2.24) is 0 Å². The Bertz CT molecular complexity index is 252. The molecule has 1 rings (SSSR count). The maximum Gasteiger partial charge on any atom is 0.370 e. The Hall–Kier alpha value is -0.510. The number of hydrogen-bond donors (Lipinski definition) is 1. The smallest absolute Gasteiger partial charge is 0.370 e. The lowest BCUT2D eigenvalue weighted by Crippen LogP contribution is -2.24. The van der Waals surface area contributed by atoms with E-state index >= 15 is 0 Å². The summed E-state index contributed by atoms with van der Waals surface area (Å²) in [6.45, 7) is 6.16. The van der Waals surface area contributed by atoms with Gasteiger partial charge in [0.2, 0.25) is 5.76 Å². The van der Waals surface area contributed by atoms with Crippen molar-refractivity contribution >= 4 is 21.9 Å². The Morgan fingerprint density at radius 2 is 2.15 bits per heavy atom. The third-order valence-corrected chi connectivity index (χ3v) is 2.82. The minimum atomic E-state index is -1.00. The summed E-state index contributed by atoms with van der Waals surface area (Å²) >= 11 is 3.31. The summed E-state index contributed by atoms with van der Waals surface area (Å²) in [5, 5.41) is 8.48. The van der Waals surface area contributed by atoms with Gasteiger partial charge in [0.1, 0.15) is 0 Å². The van der Waals surface area contributed by atoms with Gasteiger partial charge in [0.15, 0.2) is 5.01 Å². The lowest BCUT2D eigenvalue weighted by Gasteiger charge is -2.26.